The Morgan fingerprint density at radius 2 is 1.53 bits per heavy atom. The molecule has 1 N–H and O–H groups in total. The van der Waals surface area contributed by atoms with E-state index in [0.29, 0.717) is 17.5 Å². The molecule has 0 unspecified atom stereocenters. The van der Waals surface area contributed by atoms with Crippen molar-refractivity contribution in [2.24, 2.45) is 5.41 Å². The normalized spacial score (nSPS) is 12.5. The van der Waals surface area contributed by atoms with Gasteiger partial charge in [0.2, 0.25) is 11.7 Å². The van der Waals surface area contributed by atoms with Crippen LogP contribution in [0.15, 0.2) is 75.8 Å². The highest BCUT2D eigenvalue weighted by molar-refractivity contribution is 5.93. The number of aromatic nitrogens is 3. The molecular weight excluding hydrogens is 380 g/mol. The van der Waals surface area contributed by atoms with Crippen LogP contribution in [-0.2, 0) is 0 Å². The second kappa shape index (κ2) is 7.94. The third kappa shape index (κ3) is 4.15. The summed E-state index contributed by atoms with van der Waals surface area (Å²) >= 11 is 0. The van der Waals surface area contributed by atoms with Crippen molar-refractivity contribution in [3.63, 3.8) is 0 Å². The molecule has 0 spiro atoms. The molecule has 4 rings (SSSR count). The molecule has 0 bridgehead atoms. The summed E-state index contributed by atoms with van der Waals surface area (Å²) in [6, 6.07) is 20.1. The highest BCUT2D eigenvalue weighted by Gasteiger charge is 2.34. The van der Waals surface area contributed by atoms with Gasteiger partial charge in [-0.05, 0) is 5.41 Å². The molecule has 152 valence electrons. The molecule has 0 aliphatic heterocycles. The smallest absolute Gasteiger partial charge is 0.274 e. The Labute approximate surface area is 174 Å². The molecule has 1 atom stereocenters. The van der Waals surface area contributed by atoms with Gasteiger partial charge in [-0.1, -0.05) is 91.7 Å². The number of amides is 1. The number of hydrogen-bond acceptors (Lipinski definition) is 6. The van der Waals surface area contributed by atoms with E-state index in [1.165, 1.54) is 0 Å². The summed E-state index contributed by atoms with van der Waals surface area (Å²) in [4.78, 5) is 17.4. The summed E-state index contributed by atoms with van der Waals surface area (Å²) in [6.45, 7) is 5.97. The largest absolute Gasteiger partial charge is 0.355 e. The van der Waals surface area contributed by atoms with Crippen LogP contribution in [0, 0.1) is 5.41 Å². The molecule has 30 heavy (non-hydrogen) atoms. The minimum atomic E-state index is -0.508. The predicted molar refractivity (Wildman–Crippen MR) is 111 cm³/mol. The minimum absolute atomic E-state index is 0.186. The van der Waals surface area contributed by atoms with E-state index >= 15 is 0 Å². The van der Waals surface area contributed by atoms with E-state index in [-0.39, 0.29) is 17.0 Å². The van der Waals surface area contributed by atoms with Gasteiger partial charge in [-0.25, -0.2) is 0 Å². The number of carbonyl (C=O) groups excluding carboxylic acids is 1. The monoisotopic (exact) mass is 402 g/mol. The molecule has 2 aromatic heterocycles. The average Bonchev–Trinajstić information content (AvgIpc) is 3.42. The van der Waals surface area contributed by atoms with Gasteiger partial charge >= 0.3 is 0 Å². The Morgan fingerprint density at radius 1 is 0.900 bits per heavy atom. The van der Waals surface area contributed by atoms with Crippen molar-refractivity contribution in [2.75, 3.05) is 0 Å². The first-order valence-corrected chi connectivity index (χ1v) is 9.64. The molecule has 4 aromatic rings. The highest BCUT2D eigenvalue weighted by atomic mass is 16.5. The first-order chi connectivity index (χ1) is 14.4. The number of benzene rings is 2. The molecule has 0 aliphatic rings. The van der Waals surface area contributed by atoms with Crippen LogP contribution in [0.5, 0.6) is 0 Å². The molecule has 0 radical (unpaired) electrons. The van der Waals surface area contributed by atoms with Crippen molar-refractivity contribution in [3.05, 3.63) is 78.3 Å². The van der Waals surface area contributed by atoms with Crippen molar-refractivity contribution >= 4 is 5.91 Å². The quantitative estimate of drug-likeness (QED) is 0.510. The summed E-state index contributed by atoms with van der Waals surface area (Å²) in [5.74, 6) is 0.959. The number of rotatable bonds is 5. The molecule has 2 aromatic carbocycles. The van der Waals surface area contributed by atoms with Crippen LogP contribution in [0.25, 0.3) is 22.7 Å². The first-order valence-electron chi connectivity index (χ1n) is 9.64. The van der Waals surface area contributed by atoms with E-state index in [2.05, 4.69) is 20.6 Å². The molecule has 0 aliphatic carbocycles. The Bertz CT molecular complexity index is 1130. The van der Waals surface area contributed by atoms with Gasteiger partial charge in [-0.2, -0.15) is 4.98 Å². The summed E-state index contributed by atoms with van der Waals surface area (Å²) in [7, 11) is 0. The van der Waals surface area contributed by atoms with Crippen molar-refractivity contribution in [2.45, 2.75) is 26.8 Å². The van der Waals surface area contributed by atoms with E-state index in [4.69, 9.17) is 9.05 Å². The average molecular weight is 402 g/mol. The lowest BCUT2D eigenvalue weighted by atomic mass is 9.86. The molecule has 2 heterocycles. The summed E-state index contributed by atoms with van der Waals surface area (Å²) < 4.78 is 10.8. The van der Waals surface area contributed by atoms with E-state index in [0.717, 1.165) is 11.1 Å². The Balaban J connectivity index is 1.57. The summed E-state index contributed by atoms with van der Waals surface area (Å²) in [6.07, 6.45) is 0. The van der Waals surface area contributed by atoms with Gasteiger partial charge in [0.25, 0.3) is 5.91 Å². The van der Waals surface area contributed by atoms with Crippen LogP contribution in [0.2, 0.25) is 0 Å². The van der Waals surface area contributed by atoms with Crippen LogP contribution in [0.1, 0.15) is 43.2 Å². The number of nitrogens with one attached hydrogen (secondary N) is 1. The Morgan fingerprint density at radius 3 is 2.17 bits per heavy atom. The SMILES string of the molecule is CC(C)(C)[C@H](NC(=O)c1cc(-c2ccccc2)on1)c1nc(-c2ccccc2)no1. The van der Waals surface area contributed by atoms with Crippen LogP contribution in [0.3, 0.4) is 0 Å². The van der Waals surface area contributed by atoms with Crippen molar-refractivity contribution in [1.82, 2.24) is 20.6 Å². The lowest BCUT2D eigenvalue weighted by Gasteiger charge is -2.27. The fourth-order valence-corrected chi connectivity index (χ4v) is 3.03. The number of nitrogens with zero attached hydrogens (tertiary/aromatic N) is 3. The van der Waals surface area contributed by atoms with Gasteiger partial charge < -0.3 is 14.4 Å². The molecule has 7 heteroatoms. The predicted octanol–water partition coefficient (Wildman–Crippen LogP) is 4.91. The van der Waals surface area contributed by atoms with E-state index < -0.39 is 6.04 Å². The highest BCUT2D eigenvalue weighted by Crippen LogP contribution is 2.33. The van der Waals surface area contributed by atoms with Crippen molar-refractivity contribution < 1.29 is 13.8 Å². The zero-order chi connectivity index (χ0) is 21.1. The molecule has 1 amide bonds. The van der Waals surface area contributed by atoms with Crippen molar-refractivity contribution in [1.29, 1.82) is 0 Å². The fourth-order valence-electron chi connectivity index (χ4n) is 3.03. The standard InChI is InChI=1S/C23H22N4O3/c1-23(2,3)19(22-25-20(27-30-22)16-12-8-5-9-13-16)24-21(28)17-14-18(29-26-17)15-10-6-4-7-11-15/h4-14,19H,1-3H3,(H,24,28)/t19-/m1/s1. The van der Waals surface area contributed by atoms with Crippen LogP contribution in [-0.4, -0.2) is 21.2 Å². The summed E-state index contributed by atoms with van der Waals surface area (Å²) in [5, 5.41) is 11.0. The zero-order valence-corrected chi connectivity index (χ0v) is 17.0. The van der Waals surface area contributed by atoms with Gasteiger partial charge in [0.15, 0.2) is 11.5 Å². The Kier molecular flexibility index (Phi) is 5.18. The van der Waals surface area contributed by atoms with Gasteiger partial charge in [0, 0.05) is 17.2 Å². The first kappa shape index (κ1) is 19.6. The Hall–Kier alpha value is -3.74. The second-order valence-corrected chi connectivity index (χ2v) is 8.04. The second-order valence-electron chi connectivity index (χ2n) is 8.04. The van der Waals surface area contributed by atoms with Gasteiger partial charge in [-0.3, -0.25) is 4.79 Å². The topological polar surface area (TPSA) is 94.1 Å². The zero-order valence-electron chi connectivity index (χ0n) is 17.0. The third-order valence-electron chi connectivity index (χ3n) is 4.66. The van der Waals surface area contributed by atoms with Gasteiger partial charge in [-0.15, -0.1) is 0 Å². The molecule has 0 fully saturated rings. The van der Waals surface area contributed by atoms with Crippen molar-refractivity contribution in [3.8, 4) is 22.7 Å². The van der Waals surface area contributed by atoms with Gasteiger partial charge in [0.1, 0.15) is 6.04 Å². The maximum absolute atomic E-state index is 12.9. The van der Waals surface area contributed by atoms with Crippen LogP contribution in [0.4, 0.5) is 0 Å². The lowest BCUT2D eigenvalue weighted by molar-refractivity contribution is 0.0871. The van der Waals surface area contributed by atoms with E-state index in [1.54, 1.807) is 6.07 Å². The van der Waals surface area contributed by atoms with Crippen LogP contribution >= 0.6 is 0 Å². The molecule has 0 saturated carbocycles. The molecule has 7 nitrogen and oxygen atoms in total. The van der Waals surface area contributed by atoms with E-state index in [9.17, 15) is 4.79 Å². The van der Waals surface area contributed by atoms with E-state index in [1.807, 2.05) is 81.4 Å². The third-order valence-corrected chi connectivity index (χ3v) is 4.66. The maximum atomic E-state index is 12.9. The number of hydrogen-bond donors (Lipinski definition) is 1. The minimum Gasteiger partial charge on any atom is -0.355 e. The molecule has 0 saturated heterocycles. The molecular formula is C23H22N4O3. The maximum Gasteiger partial charge on any atom is 0.274 e. The fraction of sp³-hybridized carbons (Fsp3) is 0.217. The number of carbonyl (C=O) groups is 1. The summed E-state index contributed by atoms with van der Waals surface area (Å²) in [5.41, 5.74) is 1.50. The lowest BCUT2D eigenvalue weighted by Crippen LogP contribution is -2.37. The van der Waals surface area contributed by atoms with Crippen LogP contribution < -0.4 is 5.32 Å². The van der Waals surface area contributed by atoms with Gasteiger partial charge in [0.05, 0.1) is 0 Å².